The number of pyridine rings is 1. The van der Waals surface area contributed by atoms with Gasteiger partial charge in [0.15, 0.2) is 0 Å². The van der Waals surface area contributed by atoms with Crippen LogP contribution in [0.15, 0.2) is 42.6 Å². The fourth-order valence-electron chi connectivity index (χ4n) is 2.93. The van der Waals surface area contributed by atoms with E-state index < -0.39 is 5.97 Å². The van der Waals surface area contributed by atoms with Crippen molar-refractivity contribution in [1.29, 1.82) is 0 Å². The summed E-state index contributed by atoms with van der Waals surface area (Å²) in [5, 5.41) is 4.60. The summed E-state index contributed by atoms with van der Waals surface area (Å²) in [7, 11) is 0. The van der Waals surface area contributed by atoms with Crippen molar-refractivity contribution in [3.8, 4) is 0 Å². The fraction of sp³-hybridized carbons (Fsp3) is 0.227. The van der Waals surface area contributed by atoms with Gasteiger partial charge in [0.2, 0.25) is 0 Å². The highest BCUT2D eigenvalue weighted by atomic mass is 35.5. The Balaban J connectivity index is 2.06. The standard InChI is InChI=1S/C22H21ClN2O4/c1-4-28-21(26)14-6-8-15(9-7-14)25-20-16-10-11-18(23)13(3)19(16)24-12-17(20)22(27)29-5-2/h6-12H,4-5H2,1-3H3,(H,24,25). The summed E-state index contributed by atoms with van der Waals surface area (Å²) in [6, 6.07) is 10.4. The van der Waals surface area contributed by atoms with E-state index in [0.29, 0.717) is 39.6 Å². The van der Waals surface area contributed by atoms with Crippen LogP contribution in [0.3, 0.4) is 0 Å². The minimum Gasteiger partial charge on any atom is -0.462 e. The van der Waals surface area contributed by atoms with Crippen molar-refractivity contribution >= 4 is 45.8 Å². The number of hydrogen-bond acceptors (Lipinski definition) is 6. The first-order chi connectivity index (χ1) is 14.0. The molecule has 0 aliphatic carbocycles. The van der Waals surface area contributed by atoms with Gasteiger partial charge in [-0.1, -0.05) is 11.6 Å². The third-order valence-electron chi connectivity index (χ3n) is 4.39. The third-order valence-corrected chi connectivity index (χ3v) is 4.80. The second kappa shape index (κ2) is 8.92. The van der Waals surface area contributed by atoms with Crippen LogP contribution in [-0.2, 0) is 9.47 Å². The molecule has 1 N–H and O–H groups in total. The number of halogens is 1. The number of hydrogen-bond donors (Lipinski definition) is 1. The minimum atomic E-state index is -0.472. The number of benzene rings is 2. The molecule has 7 heteroatoms. The number of nitrogens with zero attached hydrogens (tertiary/aromatic N) is 1. The molecule has 0 aliphatic rings. The van der Waals surface area contributed by atoms with Crippen molar-refractivity contribution in [1.82, 2.24) is 4.98 Å². The molecular formula is C22H21ClN2O4. The predicted octanol–water partition coefficient (Wildman–Crippen LogP) is 5.29. The Bertz CT molecular complexity index is 1060. The molecule has 6 nitrogen and oxygen atoms in total. The van der Waals surface area contributed by atoms with Crippen molar-refractivity contribution in [2.45, 2.75) is 20.8 Å². The van der Waals surface area contributed by atoms with E-state index in [1.54, 1.807) is 44.2 Å². The Labute approximate surface area is 173 Å². The number of aromatic nitrogens is 1. The number of carbonyl (C=O) groups excluding carboxylic acids is 2. The van der Waals surface area contributed by atoms with Gasteiger partial charge in [0.25, 0.3) is 0 Å². The molecule has 0 saturated carbocycles. The molecule has 1 heterocycles. The van der Waals surface area contributed by atoms with E-state index in [-0.39, 0.29) is 12.6 Å². The summed E-state index contributed by atoms with van der Waals surface area (Å²) < 4.78 is 10.2. The lowest BCUT2D eigenvalue weighted by Gasteiger charge is -2.15. The molecule has 150 valence electrons. The topological polar surface area (TPSA) is 77.5 Å². The molecule has 3 rings (SSSR count). The van der Waals surface area contributed by atoms with E-state index in [1.165, 1.54) is 6.20 Å². The number of esters is 2. The molecular weight excluding hydrogens is 392 g/mol. The van der Waals surface area contributed by atoms with Crippen molar-refractivity contribution in [2.24, 2.45) is 0 Å². The zero-order valence-corrected chi connectivity index (χ0v) is 17.2. The van der Waals surface area contributed by atoms with Crippen LogP contribution < -0.4 is 5.32 Å². The molecule has 0 spiro atoms. The summed E-state index contributed by atoms with van der Waals surface area (Å²) in [6.45, 7) is 5.95. The van der Waals surface area contributed by atoms with Crippen molar-refractivity contribution in [2.75, 3.05) is 18.5 Å². The molecule has 2 aromatic carbocycles. The van der Waals surface area contributed by atoms with Gasteiger partial charge in [0.05, 0.1) is 30.0 Å². The molecule has 0 aliphatic heterocycles. The third kappa shape index (κ3) is 4.32. The summed E-state index contributed by atoms with van der Waals surface area (Å²) in [4.78, 5) is 28.7. The van der Waals surface area contributed by atoms with E-state index in [2.05, 4.69) is 10.3 Å². The Kier molecular flexibility index (Phi) is 6.34. The Hall–Kier alpha value is -3.12. The zero-order chi connectivity index (χ0) is 21.0. The van der Waals surface area contributed by atoms with Crippen LogP contribution in [0.25, 0.3) is 10.9 Å². The van der Waals surface area contributed by atoms with E-state index in [0.717, 1.165) is 10.9 Å². The lowest BCUT2D eigenvalue weighted by molar-refractivity contribution is 0.0517. The van der Waals surface area contributed by atoms with Gasteiger partial charge in [-0.3, -0.25) is 4.98 Å². The molecule has 0 fully saturated rings. The van der Waals surface area contributed by atoms with Crippen LogP contribution in [0.5, 0.6) is 0 Å². The molecule has 3 aromatic rings. The molecule has 29 heavy (non-hydrogen) atoms. The number of rotatable bonds is 6. The number of carbonyl (C=O) groups is 2. The predicted molar refractivity (Wildman–Crippen MR) is 113 cm³/mol. The normalized spacial score (nSPS) is 10.6. The SMILES string of the molecule is CCOC(=O)c1ccc(Nc2c(C(=O)OCC)cnc3c(C)c(Cl)ccc23)cc1. The largest absolute Gasteiger partial charge is 0.462 e. The second-order valence-corrected chi connectivity index (χ2v) is 6.67. The van der Waals surface area contributed by atoms with Crippen LogP contribution in [0, 0.1) is 6.92 Å². The van der Waals surface area contributed by atoms with Gasteiger partial charge in [-0.15, -0.1) is 0 Å². The van der Waals surface area contributed by atoms with Gasteiger partial charge in [-0.25, -0.2) is 9.59 Å². The molecule has 0 amide bonds. The van der Waals surface area contributed by atoms with Gasteiger partial charge in [0.1, 0.15) is 5.56 Å². The highest BCUT2D eigenvalue weighted by Crippen LogP contribution is 2.33. The lowest BCUT2D eigenvalue weighted by Crippen LogP contribution is -2.10. The monoisotopic (exact) mass is 412 g/mol. The van der Waals surface area contributed by atoms with Crippen LogP contribution in [-0.4, -0.2) is 30.1 Å². The molecule has 1 aromatic heterocycles. The smallest absolute Gasteiger partial charge is 0.341 e. The quantitative estimate of drug-likeness (QED) is 0.554. The summed E-state index contributed by atoms with van der Waals surface area (Å²) in [5.74, 6) is -0.856. The van der Waals surface area contributed by atoms with Crippen LogP contribution >= 0.6 is 11.6 Å². The maximum Gasteiger partial charge on any atom is 0.341 e. The van der Waals surface area contributed by atoms with E-state index in [4.69, 9.17) is 21.1 Å². The Morgan fingerprint density at radius 2 is 1.66 bits per heavy atom. The first kappa shape index (κ1) is 20.6. The molecule has 0 radical (unpaired) electrons. The minimum absolute atomic E-state index is 0.254. The lowest BCUT2D eigenvalue weighted by atomic mass is 10.1. The van der Waals surface area contributed by atoms with E-state index >= 15 is 0 Å². The zero-order valence-electron chi connectivity index (χ0n) is 16.4. The average Bonchev–Trinajstić information content (AvgIpc) is 2.72. The van der Waals surface area contributed by atoms with Gasteiger partial charge < -0.3 is 14.8 Å². The van der Waals surface area contributed by atoms with Crippen molar-refractivity contribution in [3.63, 3.8) is 0 Å². The van der Waals surface area contributed by atoms with Gasteiger partial charge in [-0.05, 0) is 62.7 Å². The van der Waals surface area contributed by atoms with Gasteiger partial charge in [0, 0.05) is 22.3 Å². The van der Waals surface area contributed by atoms with Gasteiger partial charge >= 0.3 is 11.9 Å². The Morgan fingerprint density at radius 3 is 2.31 bits per heavy atom. The Morgan fingerprint density at radius 1 is 1.00 bits per heavy atom. The van der Waals surface area contributed by atoms with E-state index in [9.17, 15) is 9.59 Å². The summed E-state index contributed by atoms with van der Waals surface area (Å²) in [6.07, 6.45) is 1.49. The molecule has 0 atom stereocenters. The van der Waals surface area contributed by atoms with E-state index in [1.807, 2.05) is 13.0 Å². The van der Waals surface area contributed by atoms with Gasteiger partial charge in [-0.2, -0.15) is 0 Å². The number of fused-ring (bicyclic) bond motifs is 1. The molecule has 0 unspecified atom stereocenters. The maximum absolute atomic E-state index is 12.5. The highest BCUT2D eigenvalue weighted by molar-refractivity contribution is 6.32. The summed E-state index contributed by atoms with van der Waals surface area (Å²) >= 11 is 6.23. The summed E-state index contributed by atoms with van der Waals surface area (Å²) in [5.41, 5.74) is 3.54. The second-order valence-electron chi connectivity index (χ2n) is 6.26. The first-order valence-corrected chi connectivity index (χ1v) is 9.63. The van der Waals surface area contributed by atoms with Crippen LogP contribution in [0.2, 0.25) is 5.02 Å². The van der Waals surface area contributed by atoms with Crippen LogP contribution in [0.1, 0.15) is 40.1 Å². The average molecular weight is 413 g/mol. The fourth-order valence-corrected chi connectivity index (χ4v) is 3.08. The highest BCUT2D eigenvalue weighted by Gasteiger charge is 2.18. The molecule has 0 saturated heterocycles. The number of aryl methyl sites for hydroxylation is 1. The van der Waals surface area contributed by atoms with Crippen molar-refractivity contribution < 1.29 is 19.1 Å². The molecule has 0 bridgehead atoms. The number of anilines is 2. The number of ether oxygens (including phenoxy) is 2. The first-order valence-electron chi connectivity index (χ1n) is 9.25. The van der Waals surface area contributed by atoms with Crippen molar-refractivity contribution in [3.05, 3.63) is 64.3 Å². The number of nitrogens with one attached hydrogen (secondary N) is 1. The van der Waals surface area contributed by atoms with Crippen LogP contribution in [0.4, 0.5) is 11.4 Å². The maximum atomic E-state index is 12.5.